The third-order valence-electron chi connectivity index (χ3n) is 1.27. The average Bonchev–Trinajstić information content (AvgIpc) is 1.87. The third-order valence-corrected chi connectivity index (χ3v) is 1.27. The van der Waals surface area contributed by atoms with Crippen molar-refractivity contribution in [3.05, 3.63) is 6.92 Å². The zero-order valence-electron chi connectivity index (χ0n) is 7.11. The smallest absolute Gasteiger partial charge is 0.00911 e. The molecule has 0 heteroatoms. The Labute approximate surface area is 65.0 Å². The van der Waals surface area contributed by atoms with E-state index in [0.29, 0.717) is 0 Å². The Kier molecular flexibility index (Phi) is 6.38. The lowest BCUT2D eigenvalue weighted by atomic mass is 10.1. The fraction of sp³-hybridized carbons (Fsp3) is 0.700. The van der Waals surface area contributed by atoms with Crippen molar-refractivity contribution in [1.82, 2.24) is 0 Å². The van der Waals surface area contributed by atoms with Crippen LogP contribution in [0.1, 0.15) is 39.5 Å². The molecule has 0 nitrogen and oxygen atoms in total. The second-order valence-electron chi connectivity index (χ2n) is 2.89. The van der Waals surface area contributed by atoms with Gasteiger partial charge in [0.25, 0.3) is 0 Å². The highest BCUT2D eigenvalue weighted by Gasteiger charge is 1.88. The first-order valence-corrected chi connectivity index (χ1v) is 4.02. The van der Waals surface area contributed by atoms with E-state index in [1.807, 2.05) is 0 Å². The maximum Gasteiger partial charge on any atom is 0.00911 e. The number of rotatable bonds is 3. The Balaban J connectivity index is 3.12. The van der Waals surface area contributed by atoms with Crippen molar-refractivity contribution >= 4 is 0 Å². The Morgan fingerprint density at radius 2 is 1.80 bits per heavy atom. The van der Waals surface area contributed by atoms with Crippen LogP contribution in [0.25, 0.3) is 0 Å². The van der Waals surface area contributed by atoms with E-state index in [1.165, 1.54) is 6.42 Å². The predicted molar refractivity (Wildman–Crippen MR) is 46.4 cm³/mol. The molecule has 0 aromatic rings. The van der Waals surface area contributed by atoms with Crippen LogP contribution in [0.2, 0.25) is 0 Å². The Bertz CT molecular complexity index is 112. The second kappa shape index (κ2) is 6.68. The molecule has 0 unspecified atom stereocenters. The molecule has 0 spiro atoms. The highest BCUT2D eigenvalue weighted by Crippen LogP contribution is 2.01. The molecule has 0 aliphatic heterocycles. The number of unbranched alkanes of at least 4 members (excludes halogenated alkanes) is 1. The van der Waals surface area contributed by atoms with Crippen LogP contribution in [0.3, 0.4) is 0 Å². The quantitative estimate of drug-likeness (QED) is 0.524. The molecule has 1 radical (unpaired) electrons. The minimum atomic E-state index is 0.786. The Hall–Kier alpha value is -0.440. The van der Waals surface area contributed by atoms with Crippen molar-refractivity contribution in [2.24, 2.45) is 5.92 Å². The van der Waals surface area contributed by atoms with Gasteiger partial charge in [-0.1, -0.05) is 20.8 Å². The van der Waals surface area contributed by atoms with E-state index < -0.39 is 0 Å². The summed E-state index contributed by atoms with van der Waals surface area (Å²) in [5, 5.41) is 0. The first-order valence-electron chi connectivity index (χ1n) is 4.02. The van der Waals surface area contributed by atoms with Gasteiger partial charge in [0.15, 0.2) is 0 Å². The molecular weight excluding hydrogens is 120 g/mol. The molecule has 0 rings (SSSR count). The lowest BCUT2D eigenvalue weighted by molar-refractivity contribution is 0.599. The summed E-state index contributed by atoms with van der Waals surface area (Å²) in [4.78, 5) is 0. The van der Waals surface area contributed by atoms with Gasteiger partial charge in [0.1, 0.15) is 0 Å². The summed E-state index contributed by atoms with van der Waals surface area (Å²) in [5.74, 6) is 6.99. The summed E-state index contributed by atoms with van der Waals surface area (Å²) in [6.45, 7) is 8.17. The first-order chi connectivity index (χ1) is 4.77. The van der Waals surface area contributed by atoms with Crippen LogP contribution >= 0.6 is 0 Å². The van der Waals surface area contributed by atoms with Crippen LogP contribution in [-0.2, 0) is 0 Å². The molecule has 0 heterocycles. The molecule has 0 aromatic carbocycles. The van der Waals surface area contributed by atoms with Gasteiger partial charge in [0.05, 0.1) is 0 Å². The van der Waals surface area contributed by atoms with E-state index in [-0.39, 0.29) is 0 Å². The molecule has 0 bridgehead atoms. The molecule has 0 aliphatic rings. The Morgan fingerprint density at radius 3 is 2.30 bits per heavy atom. The number of hydrogen-bond donors (Lipinski definition) is 0. The summed E-state index contributed by atoms with van der Waals surface area (Å²) in [6.07, 6.45) is 4.18. The monoisotopic (exact) mass is 137 g/mol. The van der Waals surface area contributed by atoms with Crippen LogP contribution in [0.5, 0.6) is 0 Å². The third kappa shape index (κ3) is 7.56. The zero-order valence-corrected chi connectivity index (χ0v) is 7.11. The second-order valence-corrected chi connectivity index (χ2v) is 2.89. The maximum absolute atomic E-state index is 3.72. The fourth-order valence-corrected chi connectivity index (χ4v) is 0.626. The van der Waals surface area contributed by atoms with E-state index in [1.54, 1.807) is 0 Å². The van der Waals surface area contributed by atoms with Crippen LogP contribution in [-0.4, -0.2) is 0 Å². The van der Waals surface area contributed by atoms with Crippen LogP contribution < -0.4 is 0 Å². The molecule has 0 atom stereocenters. The normalized spacial score (nSPS) is 9.20. The largest absolute Gasteiger partial charge is 0.103 e. The molecule has 0 saturated heterocycles. The lowest BCUT2D eigenvalue weighted by Gasteiger charge is -1.96. The first kappa shape index (κ1) is 9.56. The standard InChI is InChI=1S/C10H17/c1-4-5-6-7-8-9-10(2)3/h10H,1,4-5,8-9H2,2-3H3. The minimum Gasteiger partial charge on any atom is -0.103 e. The van der Waals surface area contributed by atoms with Gasteiger partial charge in [-0.05, 0) is 18.8 Å². The van der Waals surface area contributed by atoms with Crippen LogP contribution in [0.15, 0.2) is 0 Å². The number of hydrogen-bond acceptors (Lipinski definition) is 0. The predicted octanol–water partition coefficient (Wildman–Crippen LogP) is 3.04. The molecular formula is C10H17. The molecule has 0 aliphatic carbocycles. The minimum absolute atomic E-state index is 0.786. The summed E-state index contributed by atoms with van der Waals surface area (Å²) >= 11 is 0. The van der Waals surface area contributed by atoms with Crippen molar-refractivity contribution in [2.75, 3.05) is 0 Å². The van der Waals surface area contributed by atoms with Gasteiger partial charge in [-0.15, -0.1) is 11.8 Å². The van der Waals surface area contributed by atoms with Crippen molar-refractivity contribution in [1.29, 1.82) is 0 Å². The summed E-state index contributed by atoms with van der Waals surface area (Å²) in [5.41, 5.74) is 0. The van der Waals surface area contributed by atoms with Crippen molar-refractivity contribution in [3.63, 3.8) is 0 Å². The molecule has 0 saturated carbocycles. The van der Waals surface area contributed by atoms with Gasteiger partial charge in [-0.25, -0.2) is 0 Å². The van der Waals surface area contributed by atoms with Crippen LogP contribution in [0, 0.1) is 24.7 Å². The van der Waals surface area contributed by atoms with Crippen molar-refractivity contribution < 1.29 is 0 Å². The molecule has 57 valence electrons. The summed E-state index contributed by atoms with van der Waals surface area (Å²) in [7, 11) is 0. The molecule has 0 aromatic heterocycles. The van der Waals surface area contributed by atoms with Gasteiger partial charge in [0.2, 0.25) is 0 Å². The van der Waals surface area contributed by atoms with Crippen LogP contribution in [0.4, 0.5) is 0 Å². The fourth-order valence-electron chi connectivity index (χ4n) is 0.626. The summed E-state index contributed by atoms with van der Waals surface area (Å²) < 4.78 is 0. The topological polar surface area (TPSA) is 0 Å². The van der Waals surface area contributed by atoms with E-state index >= 15 is 0 Å². The molecule has 0 fully saturated rings. The van der Waals surface area contributed by atoms with E-state index in [9.17, 15) is 0 Å². The van der Waals surface area contributed by atoms with Gasteiger partial charge in [-0.2, -0.15) is 0 Å². The van der Waals surface area contributed by atoms with Gasteiger partial charge >= 0.3 is 0 Å². The average molecular weight is 137 g/mol. The molecule has 0 N–H and O–H groups in total. The Morgan fingerprint density at radius 1 is 1.20 bits per heavy atom. The van der Waals surface area contributed by atoms with Gasteiger partial charge < -0.3 is 0 Å². The highest BCUT2D eigenvalue weighted by atomic mass is 13.9. The maximum atomic E-state index is 3.72. The molecule has 10 heavy (non-hydrogen) atoms. The van der Waals surface area contributed by atoms with Gasteiger partial charge in [0, 0.05) is 12.8 Å². The van der Waals surface area contributed by atoms with Crippen molar-refractivity contribution in [3.8, 4) is 11.8 Å². The van der Waals surface area contributed by atoms with E-state index in [2.05, 4.69) is 32.6 Å². The highest BCUT2D eigenvalue weighted by molar-refractivity contribution is 4.98. The molecule has 0 amide bonds. The lowest BCUT2D eigenvalue weighted by Crippen LogP contribution is -1.83. The summed E-state index contributed by atoms with van der Waals surface area (Å²) in [6, 6.07) is 0. The van der Waals surface area contributed by atoms with E-state index in [0.717, 1.165) is 25.2 Å². The van der Waals surface area contributed by atoms with Crippen molar-refractivity contribution in [2.45, 2.75) is 39.5 Å². The zero-order chi connectivity index (χ0) is 7.82. The SMILES string of the molecule is [CH2]CCC#CCCC(C)C. The van der Waals surface area contributed by atoms with E-state index in [4.69, 9.17) is 0 Å². The van der Waals surface area contributed by atoms with Gasteiger partial charge in [-0.3, -0.25) is 0 Å².